The number of thiophene rings is 1. The molecular formula is C29H42O3S. The zero-order valence-corrected chi connectivity index (χ0v) is 21.4. The van der Waals surface area contributed by atoms with Crippen molar-refractivity contribution < 1.29 is 15.3 Å². The lowest BCUT2D eigenvalue weighted by molar-refractivity contribution is 0.0828. The topological polar surface area (TPSA) is 60.7 Å². The average molecular weight is 471 g/mol. The SMILES string of the molecule is C=C1C(=CC=C2CCC[C@]3(C)[C@@H]([C@H](C)CC[C@H](O)c4cc(C)cs4)CC[C@@H]23)C[C@@H](O)C[C@@H]1O. The number of hydrogen-bond acceptors (Lipinski definition) is 4. The van der Waals surface area contributed by atoms with Gasteiger partial charge in [0.2, 0.25) is 0 Å². The minimum atomic E-state index is -0.625. The lowest BCUT2D eigenvalue weighted by atomic mass is 9.60. The molecule has 3 nitrogen and oxygen atoms in total. The second-order valence-electron chi connectivity index (χ2n) is 11.3. The van der Waals surface area contributed by atoms with E-state index in [4.69, 9.17) is 0 Å². The Morgan fingerprint density at radius 1 is 1.24 bits per heavy atom. The van der Waals surface area contributed by atoms with Gasteiger partial charge in [0.1, 0.15) is 0 Å². The number of aliphatic hydroxyl groups is 3. The molecule has 3 saturated carbocycles. The average Bonchev–Trinajstić information content (AvgIpc) is 3.36. The third kappa shape index (κ3) is 5.24. The van der Waals surface area contributed by atoms with Gasteiger partial charge < -0.3 is 15.3 Å². The Kier molecular flexibility index (Phi) is 7.69. The molecule has 3 aliphatic carbocycles. The Morgan fingerprint density at radius 2 is 2.03 bits per heavy atom. The van der Waals surface area contributed by atoms with Gasteiger partial charge in [0.15, 0.2) is 0 Å². The van der Waals surface area contributed by atoms with E-state index in [1.54, 1.807) is 16.9 Å². The smallest absolute Gasteiger partial charge is 0.0882 e. The molecule has 0 spiro atoms. The van der Waals surface area contributed by atoms with Crippen molar-refractivity contribution in [2.45, 2.75) is 96.9 Å². The van der Waals surface area contributed by atoms with E-state index in [0.29, 0.717) is 36.0 Å². The van der Waals surface area contributed by atoms with Gasteiger partial charge in [0, 0.05) is 11.3 Å². The van der Waals surface area contributed by atoms with E-state index in [1.165, 1.54) is 31.2 Å². The molecule has 4 rings (SSSR count). The molecule has 1 aromatic rings. The summed E-state index contributed by atoms with van der Waals surface area (Å²) in [6, 6.07) is 2.12. The highest BCUT2D eigenvalue weighted by Crippen LogP contribution is 2.60. The van der Waals surface area contributed by atoms with E-state index in [9.17, 15) is 15.3 Å². The maximum atomic E-state index is 10.7. The van der Waals surface area contributed by atoms with Crippen LogP contribution in [0.2, 0.25) is 0 Å². The highest BCUT2D eigenvalue weighted by Gasteiger charge is 2.50. The summed E-state index contributed by atoms with van der Waals surface area (Å²) in [6.45, 7) is 11.1. The van der Waals surface area contributed by atoms with E-state index in [1.807, 2.05) is 0 Å². The van der Waals surface area contributed by atoms with Gasteiger partial charge in [-0.15, -0.1) is 11.3 Å². The fraction of sp³-hybridized carbons (Fsp3) is 0.655. The molecule has 7 atom stereocenters. The maximum Gasteiger partial charge on any atom is 0.0882 e. The summed E-state index contributed by atoms with van der Waals surface area (Å²) < 4.78 is 0. The predicted molar refractivity (Wildman–Crippen MR) is 137 cm³/mol. The van der Waals surface area contributed by atoms with Crippen molar-refractivity contribution in [3.05, 3.63) is 57.3 Å². The summed E-state index contributed by atoms with van der Waals surface area (Å²) in [6.07, 6.45) is 12.1. The van der Waals surface area contributed by atoms with Crippen LogP contribution >= 0.6 is 11.3 Å². The van der Waals surface area contributed by atoms with E-state index >= 15 is 0 Å². The molecule has 0 amide bonds. The Balaban J connectivity index is 1.43. The van der Waals surface area contributed by atoms with Crippen molar-refractivity contribution in [1.29, 1.82) is 0 Å². The zero-order valence-electron chi connectivity index (χ0n) is 20.6. The standard InChI is InChI=1S/C29H42O3S/c1-18-14-28(33-17-18)26(31)12-7-19(2)24-10-11-25-21(6-5-13-29(24,25)4)8-9-22-15-23(30)16-27(32)20(22)3/h8-9,14,17,19,23-27,30-32H,3,5-7,10-13,15-16H2,1-2,4H3/t19-,23-,24-,25+,26+,27+,29-/m1/s1. The molecule has 4 heteroatoms. The highest BCUT2D eigenvalue weighted by atomic mass is 32.1. The summed E-state index contributed by atoms with van der Waals surface area (Å²) in [5.74, 6) is 1.92. The molecule has 0 aromatic carbocycles. The molecule has 1 heterocycles. The van der Waals surface area contributed by atoms with E-state index in [-0.39, 0.29) is 6.10 Å². The number of allylic oxidation sites excluding steroid dienone is 3. The molecule has 33 heavy (non-hydrogen) atoms. The molecule has 3 fully saturated rings. The van der Waals surface area contributed by atoms with Gasteiger partial charge in [0.05, 0.1) is 18.3 Å². The normalized spacial score (nSPS) is 36.8. The summed E-state index contributed by atoms with van der Waals surface area (Å²) in [5.41, 5.74) is 4.89. The molecule has 0 saturated heterocycles. The van der Waals surface area contributed by atoms with Crippen LogP contribution in [-0.4, -0.2) is 27.5 Å². The van der Waals surface area contributed by atoms with Crippen molar-refractivity contribution in [1.82, 2.24) is 0 Å². The number of fused-ring (bicyclic) bond motifs is 1. The zero-order chi connectivity index (χ0) is 23.8. The maximum absolute atomic E-state index is 10.7. The first-order chi connectivity index (χ1) is 15.7. The number of rotatable bonds is 6. The Morgan fingerprint density at radius 3 is 2.76 bits per heavy atom. The molecule has 3 N–H and O–H groups in total. The first-order valence-corrected chi connectivity index (χ1v) is 13.7. The van der Waals surface area contributed by atoms with Crippen molar-refractivity contribution in [2.24, 2.45) is 23.2 Å². The fourth-order valence-corrected chi connectivity index (χ4v) is 7.99. The number of hydrogen-bond donors (Lipinski definition) is 3. The summed E-state index contributed by atoms with van der Waals surface area (Å²) in [4.78, 5) is 1.10. The Bertz CT molecular complexity index is 912. The third-order valence-corrected chi connectivity index (χ3v) is 10.1. The molecule has 0 unspecified atom stereocenters. The van der Waals surface area contributed by atoms with Crippen LogP contribution < -0.4 is 0 Å². The van der Waals surface area contributed by atoms with Crippen LogP contribution in [0.1, 0.15) is 88.2 Å². The first-order valence-electron chi connectivity index (χ1n) is 12.9. The third-order valence-electron chi connectivity index (χ3n) is 8.96. The van der Waals surface area contributed by atoms with Crippen LogP contribution in [0.4, 0.5) is 0 Å². The van der Waals surface area contributed by atoms with Gasteiger partial charge >= 0.3 is 0 Å². The molecular weight excluding hydrogens is 428 g/mol. The van der Waals surface area contributed by atoms with Gasteiger partial charge in [-0.05, 0) is 110 Å². The minimum absolute atomic E-state index is 0.328. The van der Waals surface area contributed by atoms with Crippen molar-refractivity contribution in [3.63, 3.8) is 0 Å². The second kappa shape index (κ2) is 10.2. The highest BCUT2D eigenvalue weighted by molar-refractivity contribution is 7.10. The molecule has 0 radical (unpaired) electrons. The van der Waals surface area contributed by atoms with Crippen LogP contribution in [0.15, 0.2) is 46.9 Å². The van der Waals surface area contributed by atoms with Gasteiger partial charge in [-0.1, -0.05) is 38.2 Å². The molecule has 182 valence electrons. The van der Waals surface area contributed by atoms with E-state index in [0.717, 1.165) is 35.3 Å². The first kappa shape index (κ1) is 24.9. The molecule has 0 aliphatic heterocycles. The molecule has 1 aromatic heterocycles. The summed E-state index contributed by atoms with van der Waals surface area (Å²) in [5, 5.41) is 33.0. The number of aryl methyl sites for hydroxylation is 1. The lowest BCUT2D eigenvalue weighted by Crippen LogP contribution is -2.36. The summed E-state index contributed by atoms with van der Waals surface area (Å²) in [7, 11) is 0. The van der Waals surface area contributed by atoms with Crippen LogP contribution in [-0.2, 0) is 0 Å². The second-order valence-corrected chi connectivity index (χ2v) is 12.2. The van der Waals surface area contributed by atoms with Gasteiger partial charge in [-0.25, -0.2) is 0 Å². The van der Waals surface area contributed by atoms with E-state index < -0.39 is 12.2 Å². The largest absolute Gasteiger partial charge is 0.393 e. The van der Waals surface area contributed by atoms with Crippen LogP contribution in [0, 0.1) is 30.1 Å². The minimum Gasteiger partial charge on any atom is -0.393 e. The van der Waals surface area contributed by atoms with Gasteiger partial charge in [-0.3, -0.25) is 0 Å². The Hall–Kier alpha value is -1.20. The monoisotopic (exact) mass is 470 g/mol. The van der Waals surface area contributed by atoms with Crippen LogP contribution in [0.3, 0.4) is 0 Å². The molecule has 3 aliphatic rings. The molecule has 0 bridgehead atoms. The summed E-state index contributed by atoms with van der Waals surface area (Å²) >= 11 is 1.68. The Labute approximate surface area is 203 Å². The van der Waals surface area contributed by atoms with Crippen LogP contribution in [0.5, 0.6) is 0 Å². The lowest BCUT2D eigenvalue weighted by Gasteiger charge is -2.44. The predicted octanol–water partition coefficient (Wildman–Crippen LogP) is 6.65. The van der Waals surface area contributed by atoms with Gasteiger partial charge in [-0.2, -0.15) is 0 Å². The van der Waals surface area contributed by atoms with Crippen molar-refractivity contribution in [3.8, 4) is 0 Å². The van der Waals surface area contributed by atoms with Crippen molar-refractivity contribution in [2.75, 3.05) is 0 Å². The quantitative estimate of drug-likeness (QED) is 0.436. The fourth-order valence-electron chi connectivity index (χ4n) is 7.07. The number of aliphatic hydroxyl groups excluding tert-OH is 3. The van der Waals surface area contributed by atoms with Gasteiger partial charge in [0.25, 0.3) is 0 Å². The van der Waals surface area contributed by atoms with E-state index in [2.05, 4.69) is 50.9 Å². The van der Waals surface area contributed by atoms with Crippen molar-refractivity contribution >= 4 is 11.3 Å². The van der Waals surface area contributed by atoms with Crippen LogP contribution in [0.25, 0.3) is 0 Å².